The van der Waals surface area contributed by atoms with Crippen molar-refractivity contribution in [3.05, 3.63) is 0 Å². The lowest BCUT2D eigenvalue weighted by molar-refractivity contribution is 0.429. The van der Waals surface area contributed by atoms with E-state index in [4.69, 9.17) is 0 Å². The summed E-state index contributed by atoms with van der Waals surface area (Å²) in [6.07, 6.45) is 2.54. The average molecular weight is 416 g/mol. The van der Waals surface area contributed by atoms with Gasteiger partial charge in [-0.05, 0) is 47.2 Å². The van der Waals surface area contributed by atoms with Crippen LogP contribution in [-0.4, -0.2) is 40.7 Å². The Labute approximate surface area is 174 Å². The molecular weight excluding hydrogens is 362 g/mol. The van der Waals surface area contributed by atoms with Gasteiger partial charge < -0.3 is 14.2 Å². The highest BCUT2D eigenvalue weighted by Gasteiger charge is 2.62. The van der Waals surface area contributed by atoms with Crippen LogP contribution in [0.3, 0.4) is 0 Å². The minimum atomic E-state index is -2.00. The molecule has 0 heterocycles. The van der Waals surface area contributed by atoms with Crippen molar-refractivity contribution >= 4 is 16.8 Å². The third-order valence-electron chi connectivity index (χ3n) is 6.44. The molecule has 0 fully saturated rings. The van der Waals surface area contributed by atoms with Crippen molar-refractivity contribution < 1.29 is 0 Å². The second-order valence-corrected chi connectivity index (χ2v) is 21.5. The minimum absolute atomic E-state index is 0.263. The van der Waals surface area contributed by atoms with Crippen molar-refractivity contribution in [1.29, 1.82) is 0 Å². The van der Waals surface area contributed by atoms with Crippen molar-refractivity contribution in [2.75, 3.05) is 19.6 Å². The molecular formula is C22H53N3Si2. The summed E-state index contributed by atoms with van der Waals surface area (Å²) in [4.78, 5) is 8.39. The predicted molar refractivity (Wildman–Crippen MR) is 130 cm³/mol. The molecule has 0 aromatic carbocycles. The average Bonchev–Trinajstić information content (AvgIpc) is 2.49. The molecule has 0 aliphatic rings. The monoisotopic (exact) mass is 415 g/mol. The number of nitrogens with one attached hydrogen (secondary N) is 2. The first kappa shape index (κ1) is 27.3. The van der Waals surface area contributed by atoms with Crippen LogP contribution in [0.15, 0.2) is 0 Å². The first-order valence-corrected chi connectivity index (χ1v) is 15.5. The van der Waals surface area contributed by atoms with E-state index >= 15 is 0 Å². The third kappa shape index (κ3) is 5.27. The van der Waals surface area contributed by atoms with Crippen LogP contribution >= 0.6 is 0 Å². The van der Waals surface area contributed by atoms with E-state index in [-0.39, 0.29) is 10.1 Å². The van der Waals surface area contributed by atoms with Crippen LogP contribution in [0.2, 0.25) is 21.2 Å². The lowest BCUT2D eigenvalue weighted by Crippen LogP contribution is -2.84. The van der Waals surface area contributed by atoms with Crippen LogP contribution in [0.1, 0.15) is 103 Å². The Balaban J connectivity index is 7.02. The van der Waals surface area contributed by atoms with Gasteiger partial charge in [0.25, 0.3) is 0 Å². The zero-order chi connectivity index (χ0) is 21.7. The molecule has 164 valence electrons. The second-order valence-electron chi connectivity index (χ2n) is 10.9. The van der Waals surface area contributed by atoms with Crippen molar-refractivity contribution in [2.45, 2.75) is 124 Å². The Kier molecular flexibility index (Phi) is 10.5. The van der Waals surface area contributed by atoms with Gasteiger partial charge in [0.15, 0.2) is 0 Å². The summed E-state index contributed by atoms with van der Waals surface area (Å²) in [7, 11) is -4.01. The summed E-state index contributed by atoms with van der Waals surface area (Å²) in [5, 5.41) is 0.525. The standard InChI is InChI=1S/C22H53N3Si2/c1-14-17-18-25(26(19(4)5,23-15-2)21(8,9)10)27(20(6)7,24-16-3)22(11,12)13/h19-20,23-24H,14-18H2,1-13H3. The molecule has 0 amide bonds. The lowest BCUT2D eigenvalue weighted by atomic mass is 10.2. The van der Waals surface area contributed by atoms with Gasteiger partial charge in [-0.1, -0.05) is 96.4 Å². The number of unbranched alkanes of at least 4 members (excludes halogenated alkanes) is 1. The molecule has 2 unspecified atom stereocenters. The maximum atomic E-state index is 4.19. The van der Waals surface area contributed by atoms with Crippen LogP contribution in [0.25, 0.3) is 0 Å². The molecule has 27 heavy (non-hydrogen) atoms. The van der Waals surface area contributed by atoms with Crippen molar-refractivity contribution in [3.63, 3.8) is 0 Å². The number of nitrogens with zero attached hydrogens (tertiary/aromatic N) is 1. The minimum Gasteiger partial charge on any atom is -0.325 e. The summed E-state index contributed by atoms with van der Waals surface area (Å²) >= 11 is 0. The molecule has 0 saturated heterocycles. The van der Waals surface area contributed by atoms with E-state index in [0.29, 0.717) is 11.1 Å². The van der Waals surface area contributed by atoms with Crippen molar-refractivity contribution in [3.8, 4) is 0 Å². The van der Waals surface area contributed by atoms with Crippen LogP contribution < -0.4 is 9.96 Å². The van der Waals surface area contributed by atoms with Gasteiger partial charge in [-0.3, -0.25) is 0 Å². The summed E-state index contributed by atoms with van der Waals surface area (Å²) in [5.74, 6) is 0. The zero-order valence-electron chi connectivity index (χ0n) is 21.1. The van der Waals surface area contributed by atoms with E-state index in [0.717, 1.165) is 13.1 Å². The van der Waals surface area contributed by atoms with Gasteiger partial charge in [0.05, 0.1) is 0 Å². The lowest BCUT2D eigenvalue weighted by Gasteiger charge is -2.64. The van der Waals surface area contributed by atoms with Crippen LogP contribution in [0, 0.1) is 0 Å². The van der Waals surface area contributed by atoms with Gasteiger partial charge in [-0.15, -0.1) is 0 Å². The quantitative estimate of drug-likeness (QED) is 0.372. The molecule has 0 aliphatic heterocycles. The first-order valence-electron chi connectivity index (χ1n) is 11.5. The van der Waals surface area contributed by atoms with Gasteiger partial charge in [0, 0.05) is 0 Å². The van der Waals surface area contributed by atoms with Crippen LogP contribution in [0.4, 0.5) is 0 Å². The SMILES string of the molecule is CCCCN([Si](NCC)(C(C)C)C(C)(C)C)[Si](NCC)(C(C)C)C(C)(C)C. The predicted octanol–water partition coefficient (Wildman–Crippen LogP) is 6.61. The Morgan fingerprint density at radius 3 is 1.22 bits per heavy atom. The van der Waals surface area contributed by atoms with E-state index in [2.05, 4.69) is 104 Å². The van der Waals surface area contributed by atoms with Crippen LogP contribution in [-0.2, 0) is 0 Å². The third-order valence-corrected chi connectivity index (χ3v) is 20.4. The fourth-order valence-electron chi connectivity index (χ4n) is 5.78. The summed E-state index contributed by atoms with van der Waals surface area (Å²) in [6, 6.07) is 0. The largest absolute Gasteiger partial charge is 0.325 e. The van der Waals surface area contributed by atoms with Crippen molar-refractivity contribution in [2.24, 2.45) is 0 Å². The molecule has 0 aromatic rings. The molecule has 0 rings (SSSR count). The molecule has 0 bridgehead atoms. The number of rotatable bonds is 11. The molecule has 3 nitrogen and oxygen atoms in total. The smallest absolute Gasteiger partial charge is 0.206 e. The van der Waals surface area contributed by atoms with Gasteiger partial charge in [-0.2, -0.15) is 0 Å². The highest BCUT2D eigenvalue weighted by atomic mass is 28.4. The molecule has 0 aliphatic carbocycles. The molecule has 5 heteroatoms. The van der Waals surface area contributed by atoms with E-state index in [1.165, 1.54) is 19.4 Å². The Morgan fingerprint density at radius 2 is 1.04 bits per heavy atom. The zero-order valence-corrected chi connectivity index (χ0v) is 23.1. The summed E-state index contributed by atoms with van der Waals surface area (Å²) in [6.45, 7) is 35.2. The summed E-state index contributed by atoms with van der Waals surface area (Å²) < 4.78 is 3.13. The second kappa shape index (κ2) is 10.4. The van der Waals surface area contributed by atoms with Gasteiger partial charge >= 0.3 is 0 Å². The Morgan fingerprint density at radius 1 is 0.704 bits per heavy atom. The van der Waals surface area contributed by atoms with Crippen LogP contribution in [0.5, 0.6) is 0 Å². The van der Waals surface area contributed by atoms with Gasteiger partial charge in [-0.25, -0.2) is 0 Å². The summed E-state index contributed by atoms with van der Waals surface area (Å²) in [5.41, 5.74) is 1.31. The maximum Gasteiger partial charge on any atom is 0.206 e. The molecule has 0 saturated carbocycles. The molecule has 0 spiro atoms. The highest BCUT2D eigenvalue weighted by molar-refractivity contribution is 6.94. The topological polar surface area (TPSA) is 27.3 Å². The fraction of sp³-hybridized carbons (Fsp3) is 1.00. The molecule has 0 radical (unpaired) electrons. The van der Waals surface area contributed by atoms with E-state index in [1.54, 1.807) is 0 Å². The fourth-order valence-corrected chi connectivity index (χ4v) is 22.7. The van der Waals surface area contributed by atoms with E-state index in [1.807, 2.05) is 0 Å². The number of hydrogen-bond acceptors (Lipinski definition) is 3. The van der Waals surface area contributed by atoms with Gasteiger partial charge in [0.2, 0.25) is 16.8 Å². The molecule has 2 N–H and O–H groups in total. The molecule has 2 atom stereocenters. The normalized spacial score (nSPS) is 18.2. The van der Waals surface area contributed by atoms with E-state index < -0.39 is 16.8 Å². The Bertz CT molecular complexity index is 390. The Hall–Kier alpha value is 0.314. The van der Waals surface area contributed by atoms with Crippen molar-refractivity contribution in [1.82, 2.24) is 14.2 Å². The highest BCUT2D eigenvalue weighted by Crippen LogP contribution is 2.52. The number of hydrogen-bond donors (Lipinski definition) is 2. The first-order chi connectivity index (χ1) is 12.2. The molecule has 0 aromatic heterocycles. The van der Waals surface area contributed by atoms with E-state index in [9.17, 15) is 0 Å². The maximum absolute atomic E-state index is 4.19. The van der Waals surface area contributed by atoms with Gasteiger partial charge in [0.1, 0.15) is 0 Å².